The second-order valence-electron chi connectivity index (χ2n) is 7.24. The number of likely N-dealkylation sites (tertiary alicyclic amines) is 1. The number of benzene rings is 2. The number of hydrogen-bond acceptors (Lipinski definition) is 5. The normalized spacial score (nSPS) is 18.9. The summed E-state index contributed by atoms with van der Waals surface area (Å²) >= 11 is 5.93. The van der Waals surface area contributed by atoms with Crippen molar-refractivity contribution >= 4 is 17.5 Å². The van der Waals surface area contributed by atoms with E-state index in [1.165, 1.54) is 0 Å². The van der Waals surface area contributed by atoms with Crippen molar-refractivity contribution in [1.29, 1.82) is 0 Å². The van der Waals surface area contributed by atoms with Crippen LogP contribution in [0.5, 0.6) is 0 Å². The van der Waals surface area contributed by atoms with Crippen molar-refractivity contribution in [1.82, 2.24) is 15.1 Å². The van der Waals surface area contributed by atoms with Gasteiger partial charge in [0.15, 0.2) is 0 Å². The van der Waals surface area contributed by atoms with Crippen LogP contribution in [-0.4, -0.2) is 47.8 Å². The minimum atomic E-state index is -0.0471. The van der Waals surface area contributed by atoms with Gasteiger partial charge in [0.1, 0.15) is 0 Å². The van der Waals surface area contributed by atoms with Crippen molar-refractivity contribution in [2.75, 3.05) is 26.8 Å². The molecule has 3 aromatic rings. The molecule has 0 spiro atoms. The van der Waals surface area contributed by atoms with Crippen LogP contribution < -0.4 is 0 Å². The van der Waals surface area contributed by atoms with Crippen LogP contribution in [0.25, 0.3) is 11.5 Å². The molecule has 0 aliphatic carbocycles. The molecule has 2 atom stereocenters. The lowest BCUT2D eigenvalue weighted by atomic mass is 9.97. The lowest BCUT2D eigenvalue weighted by molar-refractivity contribution is -0.129. The van der Waals surface area contributed by atoms with Crippen LogP contribution in [0, 0.1) is 5.92 Å². The van der Waals surface area contributed by atoms with E-state index in [1.807, 2.05) is 47.4 Å². The molecule has 150 valence electrons. The molecule has 0 bridgehead atoms. The highest BCUT2D eigenvalue weighted by atomic mass is 35.5. The minimum Gasteiger partial charge on any atom is -0.420 e. The highest BCUT2D eigenvalue weighted by Crippen LogP contribution is 2.34. The Labute approximate surface area is 174 Å². The Morgan fingerprint density at radius 1 is 1.14 bits per heavy atom. The third kappa shape index (κ3) is 4.49. The first kappa shape index (κ1) is 19.6. The standard InChI is InChI=1S/C22H22ClN3O3/c1-28-14-17-12-26(20(27)11-15-7-9-18(23)10-8-15)13-19(17)22-25-24-21(29-22)16-5-3-2-4-6-16/h2-10,17,19H,11-14H2,1H3/t17-,19+/m0/s1. The van der Waals surface area contributed by atoms with Gasteiger partial charge in [-0.15, -0.1) is 10.2 Å². The molecular weight excluding hydrogens is 390 g/mol. The average Bonchev–Trinajstić information content (AvgIpc) is 3.38. The van der Waals surface area contributed by atoms with Gasteiger partial charge < -0.3 is 14.1 Å². The second kappa shape index (κ2) is 8.76. The Kier molecular flexibility index (Phi) is 5.92. The SMILES string of the molecule is COC[C@@H]1CN(C(=O)Cc2ccc(Cl)cc2)C[C@H]1c1nnc(-c2ccccc2)o1. The molecule has 2 aromatic carbocycles. The van der Waals surface area contributed by atoms with Gasteiger partial charge in [0.2, 0.25) is 17.7 Å². The van der Waals surface area contributed by atoms with Gasteiger partial charge in [0, 0.05) is 36.7 Å². The van der Waals surface area contributed by atoms with Crippen molar-refractivity contribution in [2.24, 2.45) is 5.92 Å². The summed E-state index contributed by atoms with van der Waals surface area (Å²) < 4.78 is 11.3. The maximum atomic E-state index is 12.8. The maximum absolute atomic E-state index is 12.8. The number of ether oxygens (including phenoxy) is 1. The molecule has 0 unspecified atom stereocenters. The van der Waals surface area contributed by atoms with E-state index < -0.39 is 0 Å². The number of aromatic nitrogens is 2. The lowest BCUT2D eigenvalue weighted by Gasteiger charge is -2.16. The summed E-state index contributed by atoms with van der Waals surface area (Å²) in [7, 11) is 1.67. The molecule has 6 nitrogen and oxygen atoms in total. The number of nitrogens with zero attached hydrogens (tertiary/aromatic N) is 3. The van der Waals surface area contributed by atoms with Crippen LogP contribution in [0.15, 0.2) is 59.0 Å². The van der Waals surface area contributed by atoms with E-state index in [0.29, 0.717) is 42.9 Å². The van der Waals surface area contributed by atoms with E-state index in [1.54, 1.807) is 19.2 Å². The monoisotopic (exact) mass is 411 g/mol. The first-order chi connectivity index (χ1) is 14.1. The molecule has 2 heterocycles. The molecule has 4 rings (SSSR count). The fraction of sp³-hybridized carbons (Fsp3) is 0.318. The number of carbonyl (C=O) groups is 1. The Balaban J connectivity index is 1.49. The van der Waals surface area contributed by atoms with E-state index in [4.69, 9.17) is 20.8 Å². The average molecular weight is 412 g/mol. The Hall–Kier alpha value is -2.70. The molecule has 7 heteroatoms. The van der Waals surface area contributed by atoms with Gasteiger partial charge in [0.25, 0.3) is 0 Å². The predicted molar refractivity (Wildman–Crippen MR) is 110 cm³/mol. The van der Waals surface area contributed by atoms with Crippen molar-refractivity contribution in [3.8, 4) is 11.5 Å². The summed E-state index contributed by atoms with van der Waals surface area (Å²) in [6.45, 7) is 1.67. The molecule has 0 radical (unpaired) electrons. The number of methoxy groups -OCH3 is 1. The third-order valence-corrected chi connectivity index (χ3v) is 5.47. The Morgan fingerprint density at radius 2 is 1.90 bits per heavy atom. The molecule has 1 saturated heterocycles. The van der Waals surface area contributed by atoms with Crippen molar-refractivity contribution in [2.45, 2.75) is 12.3 Å². The molecule has 0 saturated carbocycles. The second-order valence-corrected chi connectivity index (χ2v) is 7.67. The van der Waals surface area contributed by atoms with Crippen molar-refractivity contribution < 1.29 is 13.9 Å². The zero-order chi connectivity index (χ0) is 20.2. The number of hydrogen-bond donors (Lipinski definition) is 0. The summed E-state index contributed by atoms with van der Waals surface area (Å²) in [6.07, 6.45) is 0.336. The topological polar surface area (TPSA) is 68.5 Å². The van der Waals surface area contributed by atoms with E-state index >= 15 is 0 Å². The molecule has 1 aliphatic rings. The Bertz CT molecular complexity index is 959. The smallest absolute Gasteiger partial charge is 0.247 e. The van der Waals surface area contributed by atoms with Crippen LogP contribution in [0.4, 0.5) is 0 Å². The van der Waals surface area contributed by atoms with Gasteiger partial charge in [-0.3, -0.25) is 4.79 Å². The van der Waals surface area contributed by atoms with Gasteiger partial charge in [-0.25, -0.2) is 0 Å². The quantitative estimate of drug-likeness (QED) is 0.616. The number of halogens is 1. The maximum Gasteiger partial charge on any atom is 0.247 e. The van der Waals surface area contributed by atoms with Crippen molar-refractivity contribution in [3.63, 3.8) is 0 Å². The molecular formula is C22H22ClN3O3. The molecule has 1 amide bonds. The van der Waals surface area contributed by atoms with E-state index in [9.17, 15) is 4.79 Å². The summed E-state index contributed by atoms with van der Waals surface area (Å²) in [5.74, 6) is 1.17. The molecule has 1 aliphatic heterocycles. The molecule has 1 aromatic heterocycles. The first-order valence-corrected chi connectivity index (χ1v) is 9.92. The summed E-state index contributed by atoms with van der Waals surface area (Å²) in [6, 6.07) is 17.0. The van der Waals surface area contributed by atoms with Gasteiger partial charge >= 0.3 is 0 Å². The van der Waals surface area contributed by atoms with Crippen LogP contribution in [-0.2, 0) is 16.0 Å². The zero-order valence-corrected chi connectivity index (χ0v) is 16.9. The van der Waals surface area contributed by atoms with Crippen molar-refractivity contribution in [3.05, 3.63) is 71.1 Å². The zero-order valence-electron chi connectivity index (χ0n) is 16.1. The van der Waals surface area contributed by atoms with Crippen LogP contribution >= 0.6 is 11.6 Å². The third-order valence-electron chi connectivity index (χ3n) is 5.22. The van der Waals surface area contributed by atoms with Gasteiger partial charge in [0.05, 0.1) is 18.9 Å². The predicted octanol–water partition coefficient (Wildman–Crippen LogP) is 3.82. The number of amides is 1. The van der Waals surface area contributed by atoms with E-state index in [-0.39, 0.29) is 17.7 Å². The van der Waals surface area contributed by atoms with Crippen LogP contribution in [0.1, 0.15) is 17.4 Å². The largest absolute Gasteiger partial charge is 0.420 e. The minimum absolute atomic E-state index is 0.0471. The summed E-state index contributed by atoms with van der Waals surface area (Å²) in [5.41, 5.74) is 1.82. The molecule has 0 N–H and O–H groups in total. The fourth-order valence-corrected chi connectivity index (χ4v) is 3.83. The lowest BCUT2D eigenvalue weighted by Crippen LogP contribution is -2.30. The molecule has 29 heavy (non-hydrogen) atoms. The summed E-state index contributed by atoms with van der Waals surface area (Å²) in [5, 5.41) is 9.13. The van der Waals surface area contributed by atoms with E-state index in [2.05, 4.69) is 10.2 Å². The highest BCUT2D eigenvalue weighted by molar-refractivity contribution is 6.30. The fourth-order valence-electron chi connectivity index (χ4n) is 3.71. The number of carbonyl (C=O) groups excluding carboxylic acids is 1. The van der Waals surface area contributed by atoms with Crippen LogP contribution in [0.2, 0.25) is 5.02 Å². The first-order valence-electron chi connectivity index (χ1n) is 9.54. The van der Waals surface area contributed by atoms with Gasteiger partial charge in [-0.2, -0.15) is 0 Å². The van der Waals surface area contributed by atoms with Gasteiger partial charge in [-0.05, 0) is 29.8 Å². The van der Waals surface area contributed by atoms with Gasteiger partial charge in [-0.1, -0.05) is 41.9 Å². The highest BCUT2D eigenvalue weighted by Gasteiger charge is 2.39. The number of rotatable bonds is 6. The van der Waals surface area contributed by atoms with E-state index in [0.717, 1.165) is 11.1 Å². The molecule has 1 fully saturated rings. The van der Waals surface area contributed by atoms with Crippen LogP contribution in [0.3, 0.4) is 0 Å². The Morgan fingerprint density at radius 3 is 2.62 bits per heavy atom. The summed E-state index contributed by atoms with van der Waals surface area (Å²) in [4.78, 5) is 14.7.